The van der Waals surface area contributed by atoms with Crippen LogP contribution in [0.3, 0.4) is 0 Å². The molecule has 2 bridgehead atoms. The topological polar surface area (TPSA) is 85.1 Å². The fourth-order valence-corrected chi connectivity index (χ4v) is 5.59. The van der Waals surface area contributed by atoms with Gasteiger partial charge in [0.15, 0.2) is 17.7 Å². The van der Waals surface area contributed by atoms with Crippen molar-refractivity contribution < 1.29 is 27.5 Å². The van der Waals surface area contributed by atoms with Gasteiger partial charge in [-0.1, -0.05) is 56.1 Å². The second-order valence-electron chi connectivity index (χ2n) is 10.7. The number of hydrogen-bond donors (Lipinski definition) is 2. The van der Waals surface area contributed by atoms with E-state index < -0.39 is 34.9 Å². The minimum Gasteiger partial charge on any atom is -0.618 e. The van der Waals surface area contributed by atoms with Gasteiger partial charge in [0, 0.05) is 29.7 Å². The largest absolute Gasteiger partial charge is 0.618 e. The Balaban J connectivity index is 1.62. The van der Waals surface area contributed by atoms with E-state index in [9.17, 15) is 23.6 Å². The second-order valence-corrected chi connectivity index (χ2v) is 11.1. The summed E-state index contributed by atoms with van der Waals surface area (Å²) in [5, 5.41) is 18.6. The minimum atomic E-state index is -0.960. The third-order valence-corrected chi connectivity index (χ3v) is 8.03. The normalized spacial score (nSPS) is 16.8. The first-order valence-corrected chi connectivity index (χ1v) is 14.4. The summed E-state index contributed by atoms with van der Waals surface area (Å²) in [4.78, 5) is 25.1. The van der Waals surface area contributed by atoms with E-state index in [1.54, 1.807) is 32.0 Å². The highest BCUT2D eigenvalue weighted by Crippen LogP contribution is 2.39. The van der Waals surface area contributed by atoms with Gasteiger partial charge in [0.05, 0.1) is 27.8 Å². The number of nitrogens with zero attached hydrogens (tertiary/aromatic N) is 1. The van der Waals surface area contributed by atoms with Gasteiger partial charge in [0.1, 0.15) is 11.6 Å². The molecule has 0 aliphatic carbocycles. The monoisotopic (exact) mass is 607 g/mol. The fourth-order valence-electron chi connectivity index (χ4n) is 5.43. The smallest absolute Gasteiger partial charge is 0.227 e. The van der Waals surface area contributed by atoms with Crippen LogP contribution < -0.4 is 15.4 Å². The maximum atomic E-state index is 15.7. The molecule has 2 unspecified atom stereocenters. The number of hydrogen-bond acceptors (Lipinski definition) is 3. The van der Waals surface area contributed by atoms with Crippen molar-refractivity contribution in [1.82, 2.24) is 0 Å². The van der Waals surface area contributed by atoms with Crippen molar-refractivity contribution in [3.8, 4) is 22.3 Å². The van der Waals surface area contributed by atoms with Crippen molar-refractivity contribution in [3.63, 3.8) is 0 Å². The predicted octanol–water partition coefficient (Wildman–Crippen LogP) is 7.96. The number of halogens is 4. The van der Waals surface area contributed by atoms with Crippen LogP contribution in [0.2, 0.25) is 5.02 Å². The number of anilines is 2. The van der Waals surface area contributed by atoms with Crippen LogP contribution in [0, 0.1) is 28.6 Å². The van der Waals surface area contributed by atoms with Gasteiger partial charge in [-0.2, -0.15) is 4.73 Å². The molecule has 5 rings (SSSR count). The second kappa shape index (κ2) is 12.5. The summed E-state index contributed by atoms with van der Waals surface area (Å²) >= 11 is 5.86. The molecule has 0 fully saturated rings. The number of carbonyl (C=O) groups excluding carboxylic acids is 2. The summed E-state index contributed by atoms with van der Waals surface area (Å²) in [7, 11) is 0. The van der Waals surface area contributed by atoms with E-state index in [-0.39, 0.29) is 45.8 Å². The zero-order valence-electron chi connectivity index (χ0n) is 23.5. The van der Waals surface area contributed by atoms with Gasteiger partial charge in [0.25, 0.3) is 0 Å². The predicted molar refractivity (Wildman–Crippen MR) is 160 cm³/mol. The van der Waals surface area contributed by atoms with Crippen LogP contribution in [0.25, 0.3) is 22.3 Å². The SMILES string of the molecule is CCC(=O)Nc1cc(F)c2c(c1)NC(=O)C(C)CCCC(c1ccc(-c3c(F)ccc(Cl)c3F)c[n+]1[O-])c1cccc-2c1. The molecular weight excluding hydrogens is 579 g/mol. The number of amides is 2. The summed E-state index contributed by atoms with van der Waals surface area (Å²) in [5.41, 5.74) is 1.74. The van der Waals surface area contributed by atoms with Crippen LogP contribution in [0.5, 0.6) is 0 Å². The lowest BCUT2D eigenvalue weighted by Gasteiger charge is -2.22. The van der Waals surface area contributed by atoms with E-state index in [1.165, 1.54) is 24.3 Å². The molecule has 3 aromatic carbocycles. The zero-order chi connectivity index (χ0) is 30.8. The molecule has 10 heteroatoms. The number of carbonyl (C=O) groups is 2. The molecule has 2 amide bonds. The molecular formula is C33H29ClF3N3O3. The Morgan fingerprint density at radius 1 is 1.02 bits per heavy atom. The lowest BCUT2D eigenvalue weighted by atomic mass is 9.86. The summed E-state index contributed by atoms with van der Waals surface area (Å²) < 4.78 is 45.5. The van der Waals surface area contributed by atoms with Crippen LogP contribution in [-0.2, 0) is 9.59 Å². The average molecular weight is 608 g/mol. The van der Waals surface area contributed by atoms with E-state index in [0.717, 1.165) is 23.9 Å². The number of nitrogens with one attached hydrogen (secondary N) is 2. The summed E-state index contributed by atoms with van der Waals surface area (Å²) in [6, 6.07) is 14.9. The fraction of sp³-hybridized carbons (Fsp3) is 0.242. The van der Waals surface area contributed by atoms with Crippen LogP contribution in [0.4, 0.5) is 24.5 Å². The highest BCUT2D eigenvalue weighted by molar-refractivity contribution is 6.31. The number of fused-ring (bicyclic) bond motifs is 4. The van der Waals surface area contributed by atoms with Gasteiger partial charge in [-0.3, -0.25) is 9.59 Å². The third kappa shape index (κ3) is 6.22. The Morgan fingerprint density at radius 3 is 2.56 bits per heavy atom. The minimum absolute atomic E-state index is 0.0328. The highest BCUT2D eigenvalue weighted by atomic mass is 35.5. The van der Waals surface area contributed by atoms with Crippen LogP contribution in [0.15, 0.2) is 66.9 Å². The molecule has 1 aliphatic rings. The molecule has 222 valence electrons. The number of benzene rings is 3. The standard InChI is InChI=1S/C33H29ClF3N3O3/c1-3-29(41)38-22-15-26(36)30-20-8-5-7-19(14-20)23(9-4-6-18(2)33(42)39-27(30)16-22)28-13-10-21(17-40(28)43)31-25(35)12-11-24(34)32(31)37/h5,7-8,10-18,23H,3-4,6,9H2,1-2H3,(H,38,41)(H,39,42). The van der Waals surface area contributed by atoms with Gasteiger partial charge in [-0.25, -0.2) is 13.2 Å². The van der Waals surface area contributed by atoms with Gasteiger partial charge < -0.3 is 15.8 Å². The molecule has 2 heterocycles. The Hall–Kier alpha value is -4.37. The van der Waals surface area contributed by atoms with E-state index in [2.05, 4.69) is 10.6 Å². The van der Waals surface area contributed by atoms with Crippen molar-refractivity contribution in [2.45, 2.75) is 45.4 Å². The number of aromatic nitrogens is 1. The Labute approximate surface area is 252 Å². The summed E-state index contributed by atoms with van der Waals surface area (Å²) in [6.45, 7) is 3.45. The van der Waals surface area contributed by atoms with E-state index in [4.69, 9.17) is 11.6 Å². The lowest BCUT2D eigenvalue weighted by molar-refractivity contribution is -0.614. The molecule has 4 aromatic rings. The van der Waals surface area contributed by atoms with Crippen molar-refractivity contribution >= 4 is 34.8 Å². The first-order valence-electron chi connectivity index (χ1n) is 14.0. The molecule has 0 saturated heterocycles. The molecule has 0 radical (unpaired) electrons. The average Bonchev–Trinajstić information content (AvgIpc) is 2.97. The number of rotatable bonds is 4. The molecule has 0 spiro atoms. The van der Waals surface area contributed by atoms with E-state index in [1.807, 2.05) is 6.07 Å². The Kier molecular flexibility index (Phi) is 8.73. The van der Waals surface area contributed by atoms with E-state index in [0.29, 0.717) is 35.3 Å². The first kappa shape index (κ1) is 30.1. The Morgan fingerprint density at radius 2 is 1.81 bits per heavy atom. The lowest BCUT2D eigenvalue weighted by Crippen LogP contribution is -2.34. The van der Waals surface area contributed by atoms with Gasteiger partial charge in [-0.05, 0) is 54.3 Å². The van der Waals surface area contributed by atoms with E-state index >= 15 is 4.39 Å². The third-order valence-electron chi connectivity index (χ3n) is 7.74. The summed E-state index contributed by atoms with van der Waals surface area (Å²) in [6.07, 6.45) is 2.87. The Bertz CT molecular complexity index is 1730. The highest BCUT2D eigenvalue weighted by Gasteiger charge is 2.27. The van der Waals surface area contributed by atoms with Crippen molar-refractivity contribution in [1.29, 1.82) is 0 Å². The van der Waals surface area contributed by atoms with Crippen molar-refractivity contribution in [2.75, 3.05) is 10.6 Å². The zero-order valence-corrected chi connectivity index (χ0v) is 24.3. The van der Waals surface area contributed by atoms with Gasteiger partial charge in [0.2, 0.25) is 11.8 Å². The molecule has 2 atom stereocenters. The van der Waals surface area contributed by atoms with Gasteiger partial charge >= 0.3 is 0 Å². The molecule has 0 saturated carbocycles. The van der Waals surface area contributed by atoms with Crippen molar-refractivity contribution in [3.05, 3.63) is 106 Å². The van der Waals surface area contributed by atoms with Gasteiger partial charge in [-0.15, -0.1) is 0 Å². The van der Waals surface area contributed by atoms with Crippen molar-refractivity contribution in [2.24, 2.45) is 5.92 Å². The molecule has 1 aromatic heterocycles. The maximum Gasteiger partial charge on any atom is 0.227 e. The number of pyridine rings is 1. The molecule has 43 heavy (non-hydrogen) atoms. The molecule has 6 nitrogen and oxygen atoms in total. The molecule has 1 aliphatic heterocycles. The first-order chi connectivity index (χ1) is 20.6. The van der Waals surface area contributed by atoms with Crippen LogP contribution in [0.1, 0.15) is 56.7 Å². The quantitative estimate of drug-likeness (QED) is 0.140. The van der Waals surface area contributed by atoms with Crippen LogP contribution >= 0.6 is 11.6 Å². The summed E-state index contributed by atoms with van der Waals surface area (Å²) in [5.74, 6) is -3.95. The maximum absolute atomic E-state index is 15.7. The molecule has 2 N–H and O–H groups in total. The van der Waals surface area contributed by atoms with Crippen LogP contribution in [-0.4, -0.2) is 11.8 Å².